The summed E-state index contributed by atoms with van der Waals surface area (Å²) in [6, 6.07) is 0. The summed E-state index contributed by atoms with van der Waals surface area (Å²) < 4.78 is 14.2. The largest absolute Gasteiger partial charge is 0.483 e. The van der Waals surface area contributed by atoms with Crippen molar-refractivity contribution in [2.24, 2.45) is 0 Å². The van der Waals surface area contributed by atoms with Gasteiger partial charge in [0, 0.05) is 21.3 Å². The molecule has 0 unspecified atom stereocenters. The van der Waals surface area contributed by atoms with Gasteiger partial charge in [-0.2, -0.15) is 0 Å². The van der Waals surface area contributed by atoms with Crippen molar-refractivity contribution in [1.29, 1.82) is 0 Å². The molecular formula is C11H27NO3Si. The van der Waals surface area contributed by atoms with Crippen LogP contribution in [0.5, 0.6) is 0 Å². The van der Waals surface area contributed by atoms with Gasteiger partial charge in [-0.15, -0.1) is 0 Å². The fourth-order valence-corrected chi connectivity index (χ4v) is 2.06. The Balaban J connectivity index is 0.000000293. The van der Waals surface area contributed by atoms with E-state index in [1.54, 1.807) is 21.3 Å². The van der Waals surface area contributed by atoms with Gasteiger partial charge in [0.1, 0.15) is 0 Å². The molecule has 0 aromatic carbocycles. The third kappa shape index (κ3) is 8.24. The topological polar surface area (TPSA) is 30.9 Å². The van der Waals surface area contributed by atoms with Crippen LogP contribution < -0.4 is 0 Å². The quantitative estimate of drug-likeness (QED) is 0.506. The zero-order chi connectivity index (χ0) is 12.2. The van der Waals surface area contributed by atoms with Crippen molar-refractivity contribution in [2.75, 3.05) is 41.0 Å². The molecular weight excluding hydrogens is 222 g/mol. The van der Waals surface area contributed by atoms with Crippen molar-refractivity contribution in [1.82, 2.24) is 4.90 Å². The van der Waals surface area contributed by atoms with E-state index < -0.39 is 9.53 Å². The fourth-order valence-electron chi connectivity index (χ4n) is 1.48. The summed E-state index contributed by atoms with van der Waals surface area (Å²) in [5, 5.41) is 0. The first-order chi connectivity index (χ1) is 7.78. The third-order valence-electron chi connectivity index (χ3n) is 2.60. The molecule has 1 fully saturated rings. The molecule has 0 aromatic heterocycles. The lowest BCUT2D eigenvalue weighted by molar-refractivity contribution is 0.163. The molecule has 5 heteroatoms. The van der Waals surface area contributed by atoms with Crippen LogP contribution in [0, 0.1) is 0 Å². The number of unbranched alkanes of at least 4 members (excludes halogenated alkanes) is 2. The molecule has 0 amide bonds. The number of hydrogen-bond acceptors (Lipinski definition) is 4. The van der Waals surface area contributed by atoms with Crippen LogP contribution in [0.25, 0.3) is 0 Å². The van der Waals surface area contributed by atoms with E-state index in [0.717, 1.165) is 0 Å². The normalized spacial score (nSPS) is 15.6. The van der Waals surface area contributed by atoms with E-state index in [0.29, 0.717) is 0 Å². The minimum absolute atomic E-state index is 1.36. The lowest BCUT2D eigenvalue weighted by Crippen LogP contribution is -2.37. The summed E-state index contributed by atoms with van der Waals surface area (Å²) in [4.78, 5) is 2.54. The molecule has 0 N–H and O–H groups in total. The first kappa shape index (κ1) is 16.1. The Morgan fingerprint density at radius 3 is 1.81 bits per heavy atom. The monoisotopic (exact) mass is 249 g/mol. The lowest BCUT2D eigenvalue weighted by Gasteiger charge is -2.30. The average Bonchev–Trinajstić information content (AvgIpc) is 2.25. The molecule has 1 aliphatic rings. The van der Waals surface area contributed by atoms with Gasteiger partial charge in [-0.3, -0.25) is 0 Å². The predicted molar refractivity (Wildman–Crippen MR) is 68.8 cm³/mol. The smallest absolute Gasteiger partial charge is 0.379 e. The molecule has 98 valence electrons. The van der Waals surface area contributed by atoms with E-state index in [-0.39, 0.29) is 0 Å². The van der Waals surface area contributed by atoms with Crippen molar-refractivity contribution in [2.45, 2.75) is 32.6 Å². The second-order valence-electron chi connectivity index (χ2n) is 3.90. The van der Waals surface area contributed by atoms with E-state index in [4.69, 9.17) is 13.3 Å². The van der Waals surface area contributed by atoms with Gasteiger partial charge in [0.25, 0.3) is 0 Å². The Morgan fingerprint density at radius 1 is 1.00 bits per heavy atom. The van der Waals surface area contributed by atoms with Gasteiger partial charge in [0.15, 0.2) is 0 Å². The SMILES string of the molecule is CCCCCN1CCC1.CO[SiH](OC)OC. The molecule has 0 spiro atoms. The highest BCUT2D eigenvalue weighted by atomic mass is 28.3. The number of rotatable bonds is 7. The second-order valence-corrected chi connectivity index (χ2v) is 5.89. The van der Waals surface area contributed by atoms with Gasteiger partial charge >= 0.3 is 9.53 Å². The molecule has 0 saturated carbocycles. The van der Waals surface area contributed by atoms with Crippen LogP contribution >= 0.6 is 0 Å². The summed E-state index contributed by atoms with van der Waals surface area (Å²) in [6.45, 7) is 6.34. The summed E-state index contributed by atoms with van der Waals surface area (Å²) >= 11 is 0. The third-order valence-corrected chi connectivity index (χ3v) is 3.76. The van der Waals surface area contributed by atoms with E-state index in [9.17, 15) is 0 Å². The summed E-state index contributed by atoms with van der Waals surface area (Å²) in [5.41, 5.74) is 0. The Bertz CT molecular complexity index is 136. The first-order valence-corrected chi connectivity index (χ1v) is 7.50. The molecule has 1 aliphatic heterocycles. The Morgan fingerprint density at radius 2 is 1.56 bits per heavy atom. The number of likely N-dealkylation sites (tertiary alicyclic amines) is 1. The maximum atomic E-state index is 4.74. The van der Waals surface area contributed by atoms with E-state index >= 15 is 0 Å². The highest BCUT2D eigenvalue weighted by molar-refractivity contribution is 6.36. The van der Waals surface area contributed by atoms with Crippen molar-refractivity contribution in [3.05, 3.63) is 0 Å². The summed E-state index contributed by atoms with van der Waals surface area (Å²) in [7, 11) is 3.05. The van der Waals surface area contributed by atoms with Crippen LogP contribution in [-0.4, -0.2) is 55.4 Å². The molecule has 1 heterocycles. The molecule has 1 saturated heterocycles. The first-order valence-electron chi connectivity index (χ1n) is 6.09. The maximum absolute atomic E-state index is 4.74. The zero-order valence-electron chi connectivity index (χ0n) is 11.2. The van der Waals surface area contributed by atoms with Crippen LogP contribution in [0.2, 0.25) is 0 Å². The average molecular weight is 249 g/mol. The van der Waals surface area contributed by atoms with Gasteiger partial charge in [-0.1, -0.05) is 19.8 Å². The van der Waals surface area contributed by atoms with E-state index in [1.807, 2.05) is 0 Å². The number of nitrogens with zero attached hydrogens (tertiary/aromatic N) is 1. The second kappa shape index (κ2) is 11.5. The highest BCUT2D eigenvalue weighted by Gasteiger charge is 2.11. The van der Waals surface area contributed by atoms with Gasteiger partial charge in [0.05, 0.1) is 0 Å². The minimum atomic E-state index is -1.67. The highest BCUT2D eigenvalue weighted by Crippen LogP contribution is 2.07. The standard InChI is InChI=1S/C8H17N.C3H10O3Si/c1-2-3-4-6-9-7-5-8-9;1-4-7(5-2)6-3/h2-8H2,1H3;7H,1-3H3. The van der Waals surface area contributed by atoms with E-state index in [1.165, 1.54) is 45.3 Å². The molecule has 0 radical (unpaired) electrons. The van der Waals surface area contributed by atoms with Crippen LogP contribution in [-0.2, 0) is 13.3 Å². The molecule has 4 nitrogen and oxygen atoms in total. The van der Waals surface area contributed by atoms with Crippen molar-refractivity contribution in [3.63, 3.8) is 0 Å². The Labute approximate surface area is 102 Å². The molecule has 1 rings (SSSR count). The summed E-state index contributed by atoms with van der Waals surface area (Å²) in [5.74, 6) is 0. The molecule has 0 bridgehead atoms. The molecule has 0 aromatic rings. The van der Waals surface area contributed by atoms with Crippen molar-refractivity contribution < 1.29 is 13.3 Å². The molecule has 16 heavy (non-hydrogen) atoms. The maximum Gasteiger partial charge on any atom is 0.483 e. The Hall–Kier alpha value is 0.0569. The molecule has 0 atom stereocenters. The number of hydrogen-bond donors (Lipinski definition) is 0. The summed E-state index contributed by atoms with van der Waals surface area (Å²) in [6.07, 6.45) is 5.62. The van der Waals surface area contributed by atoms with Gasteiger partial charge in [-0.05, 0) is 32.5 Å². The van der Waals surface area contributed by atoms with Crippen LogP contribution in [0.15, 0.2) is 0 Å². The van der Waals surface area contributed by atoms with Gasteiger partial charge < -0.3 is 18.2 Å². The minimum Gasteiger partial charge on any atom is -0.379 e. The molecule has 0 aliphatic carbocycles. The van der Waals surface area contributed by atoms with Crippen LogP contribution in [0.4, 0.5) is 0 Å². The van der Waals surface area contributed by atoms with Crippen LogP contribution in [0.1, 0.15) is 32.6 Å². The Kier molecular flexibility index (Phi) is 11.6. The van der Waals surface area contributed by atoms with E-state index in [2.05, 4.69) is 11.8 Å². The van der Waals surface area contributed by atoms with Gasteiger partial charge in [0.2, 0.25) is 0 Å². The lowest BCUT2D eigenvalue weighted by atomic mass is 10.2. The zero-order valence-corrected chi connectivity index (χ0v) is 12.4. The predicted octanol–water partition coefficient (Wildman–Crippen LogP) is 1.53. The van der Waals surface area contributed by atoms with Crippen LogP contribution in [0.3, 0.4) is 0 Å². The van der Waals surface area contributed by atoms with Crippen molar-refractivity contribution >= 4 is 9.53 Å². The van der Waals surface area contributed by atoms with Crippen molar-refractivity contribution in [3.8, 4) is 0 Å². The fraction of sp³-hybridized carbons (Fsp3) is 1.00. The van der Waals surface area contributed by atoms with Gasteiger partial charge in [-0.25, -0.2) is 0 Å².